The predicted octanol–water partition coefficient (Wildman–Crippen LogP) is 1.74. The van der Waals surface area contributed by atoms with E-state index in [0.717, 1.165) is 14.4 Å². The third-order valence-corrected chi connectivity index (χ3v) is 4.94. The van der Waals surface area contributed by atoms with Crippen molar-refractivity contribution in [2.75, 3.05) is 24.3 Å². The van der Waals surface area contributed by atoms with Crippen LogP contribution in [-0.4, -0.2) is 35.3 Å². The lowest BCUT2D eigenvalue weighted by molar-refractivity contribution is -0.123. The van der Waals surface area contributed by atoms with E-state index in [1.54, 1.807) is 6.07 Å². The monoisotopic (exact) mass is 308 g/mol. The van der Waals surface area contributed by atoms with Gasteiger partial charge in [0.2, 0.25) is 5.13 Å². The van der Waals surface area contributed by atoms with Crippen molar-refractivity contribution in [2.45, 2.75) is 15.3 Å². The van der Waals surface area contributed by atoms with Crippen LogP contribution in [0.25, 0.3) is 0 Å². The lowest BCUT2D eigenvalue weighted by Crippen LogP contribution is -2.10. The minimum atomic E-state index is -1.06. The minimum absolute atomic E-state index is 0.382. The van der Waals surface area contributed by atoms with Crippen LogP contribution >= 0.6 is 23.1 Å². The molecule has 0 saturated heterocycles. The summed E-state index contributed by atoms with van der Waals surface area (Å²) >= 11 is 2.98. The van der Waals surface area contributed by atoms with Crippen molar-refractivity contribution in [2.24, 2.45) is 0 Å². The number of nitrogens with one attached hydrogen (secondary N) is 1. The Kier molecular flexibility index (Phi) is 3.36. The van der Waals surface area contributed by atoms with E-state index in [1.165, 1.54) is 23.1 Å². The molecule has 6 nitrogen and oxygen atoms in total. The predicted molar refractivity (Wildman–Crippen MR) is 78.4 cm³/mol. The first-order chi connectivity index (χ1) is 9.54. The van der Waals surface area contributed by atoms with Gasteiger partial charge in [0.25, 0.3) is 5.91 Å². The van der Waals surface area contributed by atoms with Gasteiger partial charge in [-0.05, 0) is 12.1 Å². The fourth-order valence-electron chi connectivity index (χ4n) is 1.81. The Morgan fingerprint density at radius 3 is 2.90 bits per heavy atom. The molecule has 104 valence electrons. The standard InChI is InChI=1S/C12H12N4O2S2/c1-16(2)11-14-15-12(20-11)19-6-3-4-7-8(5-6)13-10(18)9(7)17/h3-5,9,17H,1-2H3,(H,13,18). The van der Waals surface area contributed by atoms with Crippen LogP contribution in [0.1, 0.15) is 11.7 Å². The molecule has 1 aromatic carbocycles. The summed E-state index contributed by atoms with van der Waals surface area (Å²) in [6.07, 6.45) is -1.06. The van der Waals surface area contributed by atoms with E-state index >= 15 is 0 Å². The summed E-state index contributed by atoms with van der Waals surface area (Å²) in [6, 6.07) is 5.46. The lowest BCUT2D eigenvalue weighted by Gasteiger charge is -2.04. The number of hydrogen-bond donors (Lipinski definition) is 2. The van der Waals surface area contributed by atoms with Crippen LogP contribution in [-0.2, 0) is 4.79 Å². The summed E-state index contributed by atoms with van der Waals surface area (Å²) in [5.74, 6) is -0.382. The van der Waals surface area contributed by atoms with E-state index < -0.39 is 6.10 Å². The third-order valence-electron chi connectivity index (χ3n) is 2.81. The summed E-state index contributed by atoms with van der Waals surface area (Å²) in [5, 5.41) is 21.3. The fourth-order valence-corrected chi connectivity index (χ4v) is 3.59. The molecule has 8 heteroatoms. The number of aliphatic hydroxyl groups is 1. The number of hydrogen-bond acceptors (Lipinski definition) is 7. The molecule has 2 heterocycles. The van der Waals surface area contributed by atoms with Gasteiger partial charge in [-0.2, -0.15) is 0 Å². The molecule has 2 aromatic rings. The number of aliphatic hydroxyl groups excluding tert-OH is 1. The molecule has 0 bridgehead atoms. The Balaban J connectivity index is 1.82. The number of fused-ring (bicyclic) bond motifs is 1. The molecule has 0 aliphatic carbocycles. The van der Waals surface area contributed by atoms with Crippen molar-refractivity contribution in [3.8, 4) is 0 Å². The van der Waals surface area contributed by atoms with Crippen molar-refractivity contribution in [3.05, 3.63) is 23.8 Å². The van der Waals surface area contributed by atoms with Crippen LogP contribution in [0.2, 0.25) is 0 Å². The molecular weight excluding hydrogens is 296 g/mol. The molecular formula is C12H12N4O2S2. The van der Waals surface area contributed by atoms with E-state index in [2.05, 4.69) is 15.5 Å². The van der Waals surface area contributed by atoms with Gasteiger partial charge in [0.1, 0.15) is 0 Å². The van der Waals surface area contributed by atoms with Gasteiger partial charge in [0.05, 0.1) is 0 Å². The zero-order valence-corrected chi connectivity index (χ0v) is 12.5. The van der Waals surface area contributed by atoms with E-state index in [9.17, 15) is 9.90 Å². The second-order valence-electron chi connectivity index (χ2n) is 4.49. The Hall–Kier alpha value is -1.64. The number of amides is 1. The Morgan fingerprint density at radius 1 is 1.40 bits per heavy atom. The molecule has 0 spiro atoms. The van der Waals surface area contributed by atoms with E-state index in [1.807, 2.05) is 31.1 Å². The molecule has 1 aliphatic heterocycles. The van der Waals surface area contributed by atoms with Crippen molar-refractivity contribution in [1.29, 1.82) is 0 Å². The number of carbonyl (C=O) groups excluding carboxylic acids is 1. The highest BCUT2D eigenvalue weighted by Gasteiger charge is 2.28. The van der Waals surface area contributed by atoms with Crippen LogP contribution in [0.4, 0.5) is 10.8 Å². The topological polar surface area (TPSA) is 78.4 Å². The molecule has 1 unspecified atom stereocenters. The number of nitrogens with zero attached hydrogens (tertiary/aromatic N) is 3. The highest BCUT2D eigenvalue weighted by atomic mass is 32.2. The average molecular weight is 308 g/mol. The summed E-state index contributed by atoms with van der Waals surface area (Å²) in [7, 11) is 3.84. The van der Waals surface area contributed by atoms with E-state index in [-0.39, 0.29) is 5.91 Å². The first-order valence-electron chi connectivity index (χ1n) is 5.86. The molecule has 0 saturated carbocycles. The third kappa shape index (κ3) is 2.37. The lowest BCUT2D eigenvalue weighted by atomic mass is 10.1. The maximum Gasteiger partial charge on any atom is 0.257 e. The summed E-state index contributed by atoms with van der Waals surface area (Å²) in [4.78, 5) is 14.2. The van der Waals surface area contributed by atoms with Gasteiger partial charge < -0.3 is 15.3 Å². The van der Waals surface area contributed by atoms with Crippen LogP contribution in [0.5, 0.6) is 0 Å². The highest BCUT2D eigenvalue weighted by molar-refractivity contribution is 8.01. The van der Waals surface area contributed by atoms with Crippen LogP contribution in [0.15, 0.2) is 27.4 Å². The van der Waals surface area contributed by atoms with Crippen molar-refractivity contribution in [1.82, 2.24) is 10.2 Å². The quantitative estimate of drug-likeness (QED) is 0.899. The van der Waals surface area contributed by atoms with Crippen LogP contribution in [0, 0.1) is 0 Å². The molecule has 20 heavy (non-hydrogen) atoms. The molecule has 1 aromatic heterocycles. The van der Waals surface area contributed by atoms with Crippen LogP contribution in [0.3, 0.4) is 0 Å². The number of carbonyl (C=O) groups is 1. The Bertz CT molecular complexity index is 671. The van der Waals surface area contributed by atoms with Gasteiger partial charge >= 0.3 is 0 Å². The van der Waals surface area contributed by atoms with Crippen molar-refractivity contribution < 1.29 is 9.90 Å². The van der Waals surface area contributed by atoms with Gasteiger partial charge in [0.15, 0.2) is 10.4 Å². The number of rotatable bonds is 3. The van der Waals surface area contributed by atoms with Gasteiger partial charge in [-0.25, -0.2) is 0 Å². The second kappa shape index (κ2) is 5.04. The zero-order valence-electron chi connectivity index (χ0n) is 10.8. The van der Waals surface area contributed by atoms with E-state index in [0.29, 0.717) is 11.3 Å². The first kappa shape index (κ1) is 13.3. The molecule has 0 radical (unpaired) electrons. The molecule has 1 amide bonds. The molecule has 2 N–H and O–H groups in total. The SMILES string of the molecule is CN(C)c1nnc(Sc2ccc3c(c2)NC(=O)C3O)s1. The van der Waals surface area contributed by atoms with Gasteiger partial charge in [-0.15, -0.1) is 10.2 Å². The van der Waals surface area contributed by atoms with E-state index in [4.69, 9.17) is 0 Å². The van der Waals surface area contributed by atoms with Crippen molar-refractivity contribution >= 4 is 39.8 Å². The first-order valence-corrected chi connectivity index (χ1v) is 7.49. The smallest absolute Gasteiger partial charge is 0.257 e. The molecule has 1 atom stereocenters. The van der Waals surface area contributed by atoms with Crippen molar-refractivity contribution in [3.63, 3.8) is 0 Å². The highest BCUT2D eigenvalue weighted by Crippen LogP contribution is 2.38. The average Bonchev–Trinajstić information content (AvgIpc) is 2.96. The van der Waals surface area contributed by atoms with Gasteiger partial charge in [-0.1, -0.05) is 29.2 Å². The fraction of sp³-hybridized carbons (Fsp3) is 0.250. The maximum atomic E-state index is 11.4. The number of benzene rings is 1. The molecule has 1 aliphatic rings. The normalized spacial score (nSPS) is 16.9. The van der Waals surface area contributed by atoms with Gasteiger partial charge in [-0.3, -0.25) is 4.79 Å². The Morgan fingerprint density at radius 2 is 2.20 bits per heavy atom. The number of anilines is 2. The summed E-state index contributed by atoms with van der Waals surface area (Å²) < 4.78 is 0.832. The Labute approximate surface area is 123 Å². The van der Waals surface area contributed by atoms with Crippen LogP contribution < -0.4 is 10.2 Å². The number of aromatic nitrogens is 2. The summed E-state index contributed by atoms with van der Waals surface area (Å²) in [5.41, 5.74) is 1.27. The maximum absolute atomic E-state index is 11.4. The van der Waals surface area contributed by atoms with Gasteiger partial charge in [0, 0.05) is 30.2 Å². The zero-order chi connectivity index (χ0) is 14.3. The minimum Gasteiger partial charge on any atom is -0.378 e. The largest absolute Gasteiger partial charge is 0.378 e. The summed E-state index contributed by atoms with van der Waals surface area (Å²) in [6.45, 7) is 0. The molecule has 0 fully saturated rings. The second-order valence-corrected chi connectivity index (χ2v) is 6.76. The molecule has 3 rings (SSSR count).